The van der Waals surface area contributed by atoms with Crippen LogP contribution >= 0.6 is 0 Å². The molecule has 0 aliphatic carbocycles. The average Bonchev–Trinajstić information content (AvgIpc) is 2.61. The minimum atomic E-state index is -0.366. The average molecular weight is 342 g/mol. The number of hydrogen-bond acceptors (Lipinski definition) is 5. The van der Waals surface area contributed by atoms with Crippen molar-refractivity contribution in [3.63, 3.8) is 0 Å². The predicted molar refractivity (Wildman–Crippen MR) is 96.4 cm³/mol. The molecule has 1 amide bonds. The van der Waals surface area contributed by atoms with Gasteiger partial charge in [0.2, 0.25) is 0 Å². The smallest absolute Gasteiger partial charge is 0.277 e. The molecule has 0 aliphatic rings. The van der Waals surface area contributed by atoms with Crippen molar-refractivity contribution in [2.75, 3.05) is 13.7 Å². The molecule has 0 aliphatic heterocycles. The summed E-state index contributed by atoms with van der Waals surface area (Å²) in [6.45, 7) is 4.10. The molecule has 0 fully saturated rings. The summed E-state index contributed by atoms with van der Waals surface area (Å²) in [5, 5.41) is 13.4. The number of carbonyl (C=O) groups excluding carboxylic acids is 1. The fourth-order valence-corrected chi connectivity index (χ4v) is 2.08. The molecule has 132 valence electrons. The zero-order chi connectivity index (χ0) is 18.2. The van der Waals surface area contributed by atoms with Crippen LogP contribution < -0.4 is 14.9 Å². The van der Waals surface area contributed by atoms with E-state index in [-0.39, 0.29) is 18.3 Å². The second kappa shape index (κ2) is 8.73. The van der Waals surface area contributed by atoms with Gasteiger partial charge >= 0.3 is 0 Å². The molecule has 0 bridgehead atoms. The van der Waals surface area contributed by atoms with Crippen molar-refractivity contribution in [1.82, 2.24) is 5.43 Å². The number of benzene rings is 2. The van der Waals surface area contributed by atoms with Gasteiger partial charge in [0.1, 0.15) is 5.75 Å². The Morgan fingerprint density at radius 2 is 1.96 bits per heavy atom. The van der Waals surface area contributed by atoms with Crippen molar-refractivity contribution < 1.29 is 19.4 Å². The monoisotopic (exact) mass is 342 g/mol. The van der Waals surface area contributed by atoms with E-state index in [0.717, 1.165) is 0 Å². The number of carbonyl (C=O) groups is 1. The maximum absolute atomic E-state index is 11.7. The Balaban J connectivity index is 1.82. The van der Waals surface area contributed by atoms with Crippen LogP contribution in [-0.2, 0) is 4.79 Å². The van der Waals surface area contributed by atoms with Gasteiger partial charge in [-0.3, -0.25) is 4.79 Å². The van der Waals surface area contributed by atoms with Gasteiger partial charge in [-0.15, -0.1) is 0 Å². The van der Waals surface area contributed by atoms with E-state index in [2.05, 4.69) is 24.4 Å². The topological polar surface area (TPSA) is 80.2 Å². The molecule has 25 heavy (non-hydrogen) atoms. The Kier molecular flexibility index (Phi) is 6.39. The van der Waals surface area contributed by atoms with E-state index in [1.165, 1.54) is 25.0 Å². The van der Waals surface area contributed by atoms with Crippen LogP contribution in [-0.4, -0.2) is 30.9 Å². The quantitative estimate of drug-likeness (QED) is 0.599. The minimum Gasteiger partial charge on any atom is -0.504 e. The number of hydrazone groups is 1. The van der Waals surface area contributed by atoms with Gasteiger partial charge in [-0.1, -0.05) is 26.0 Å². The highest BCUT2D eigenvalue weighted by Gasteiger charge is 2.04. The summed E-state index contributed by atoms with van der Waals surface area (Å²) < 4.78 is 10.4. The number of ether oxygens (including phenoxy) is 2. The van der Waals surface area contributed by atoms with Gasteiger partial charge in [0, 0.05) is 0 Å². The van der Waals surface area contributed by atoms with Gasteiger partial charge in [-0.2, -0.15) is 5.10 Å². The molecule has 2 aromatic carbocycles. The maximum Gasteiger partial charge on any atom is 0.277 e. The first kappa shape index (κ1) is 18.3. The molecule has 0 spiro atoms. The van der Waals surface area contributed by atoms with Crippen molar-refractivity contribution >= 4 is 12.1 Å². The Labute approximate surface area is 147 Å². The summed E-state index contributed by atoms with van der Waals surface area (Å²) in [4.78, 5) is 11.7. The largest absolute Gasteiger partial charge is 0.504 e. The van der Waals surface area contributed by atoms with E-state index in [9.17, 15) is 9.90 Å². The van der Waals surface area contributed by atoms with Gasteiger partial charge in [0.25, 0.3) is 5.91 Å². The van der Waals surface area contributed by atoms with Gasteiger partial charge in [0.05, 0.1) is 13.3 Å². The van der Waals surface area contributed by atoms with Crippen LogP contribution in [0.3, 0.4) is 0 Å². The second-order valence-electron chi connectivity index (χ2n) is 5.74. The molecule has 2 rings (SSSR count). The first-order valence-corrected chi connectivity index (χ1v) is 7.91. The summed E-state index contributed by atoms with van der Waals surface area (Å²) in [6.07, 6.45) is 1.46. The first-order chi connectivity index (χ1) is 12.0. The SMILES string of the molecule is COc1cc(/C=N/NC(=O)COc2ccc(C(C)C)cc2)ccc1O. The number of hydrogen-bond donors (Lipinski definition) is 2. The summed E-state index contributed by atoms with van der Waals surface area (Å²) >= 11 is 0. The molecular formula is C19H22N2O4. The van der Waals surface area contributed by atoms with Crippen LogP contribution in [0, 0.1) is 0 Å². The number of phenolic OH excluding ortho intramolecular Hbond substituents is 1. The van der Waals surface area contributed by atoms with Crippen molar-refractivity contribution in [1.29, 1.82) is 0 Å². The number of nitrogens with one attached hydrogen (secondary N) is 1. The Hall–Kier alpha value is -3.02. The van der Waals surface area contributed by atoms with Crippen LogP contribution in [0.4, 0.5) is 0 Å². The third-order valence-corrected chi connectivity index (χ3v) is 3.52. The van der Waals surface area contributed by atoms with Gasteiger partial charge in [-0.25, -0.2) is 5.43 Å². The van der Waals surface area contributed by atoms with E-state index in [1.54, 1.807) is 12.1 Å². The van der Waals surface area contributed by atoms with Crippen LogP contribution in [0.2, 0.25) is 0 Å². The Morgan fingerprint density at radius 1 is 1.24 bits per heavy atom. The second-order valence-corrected chi connectivity index (χ2v) is 5.74. The molecule has 2 N–H and O–H groups in total. The molecule has 0 aromatic heterocycles. The fourth-order valence-electron chi connectivity index (χ4n) is 2.08. The molecule has 0 heterocycles. The van der Waals surface area contributed by atoms with Gasteiger partial charge in [-0.05, 0) is 47.4 Å². The molecule has 0 radical (unpaired) electrons. The molecule has 0 atom stereocenters. The van der Waals surface area contributed by atoms with Gasteiger partial charge < -0.3 is 14.6 Å². The number of amides is 1. The molecule has 6 nitrogen and oxygen atoms in total. The Morgan fingerprint density at radius 3 is 2.60 bits per heavy atom. The lowest BCUT2D eigenvalue weighted by Gasteiger charge is -2.08. The number of phenols is 1. The lowest BCUT2D eigenvalue weighted by molar-refractivity contribution is -0.123. The molecule has 0 saturated heterocycles. The lowest BCUT2D eigenvalue weighted by Crippen LogP contribution is -2.24. The fraction of sp³-hybridized carbons (Fsp3) is 0.263. The van der Waals surface area contributed by atoms with E-state index >= 15 is 0 Å². The summed E-state index contributed by atoms with van der Waals surface area (Å²) in [5.74, 6) is 1.09. The number of rotatable bonds is 7. The van der Waals surface area contributed by atoms with E-state index in [4.69, 9.17) is 9.47 Å². The van der Waals surface area contributed by atoms with Crippen molar-refractivity contribution in [2.24, 2.45) is 5.10 Å². The summed E-state index contributed by atoms with van der Waals surface area (Å²) in [5.41, 5.74) is 4.28. The van der Waals surface area contributed by atoms with Crippen LogP contribution in [0.5, 0.6) is 17.2 Å². The zero-order valence-electron chi connectivity index (χ0n) is 14.5. The minimum absolute atomic E-state index is 0.0422. The highest BCUT2D eigenvalue weighted by Crippen LogP contribution is 2.25. The van der Waals surface area contributed by atoms with Crippen LogP contribution in [0.15, 0.2) is 47.6 Å². The van der Waals surface area contributed by atoms with Crippen LogP contribution in [0.25, 0.3) is 0 Å². The highest BCUT2D eigenvalue weighted by atomic mass is 16.5. The standard InChI is InChI=1S/C19H22N2O4/c1-13(2)15-5-7-16(8-6-15)25-12-19(23)21-20-11-14-4-9-17(22)18(10-14)24-3/h4-11,13,22H,12H2,1-3H3,(H,21,23)/b20-11+. The lowest BCUT2D eigenvalue weighted by atomic mass is 10.0. The van der Waals surface area contributed by atoms with Crippen molar-refractivity contribution in [2.45, 2.75) is 19.8 Å². The molecule has 6 heteroatoms. The normalized spacial score (nSPS) is 10.9. The van der Waals surface area contributed by atoms with E-state index < -0.39 is 0 Å². The highest BCUT2D eigenvalue weighted by molar-refractivity contribution is 5.83. The third kappa shape index (κ3) is 5.53. The van der Waals surface area contributed by atoms with Crippen molar-refractivity contribution in [3.05, 3.63) is 53.6 Å². The number of nitrogens with zero attached hydrogens (tertiary/aromatic N) is 1. The summed E-state index contributed by atoms with van der Waals surface area (Å²) in [6, 6.07) is 12.4. The van der Waals surface area contributed by atoms with E-state index in [1.807, 2.05) is 24.3 Å². The zero-order valence-corrected chi connectivity index (χ0v) is 14.5. The third-order valence-electron chi connectivity index (χ3n) is 3.52. The molecular weight excluding hydrogens is 320 g/mol. The molecule has 2 aromatic rings. The van der Waals surface area contributed by atoms with E-state index in [0.29, 0.717) is 23.0 Å². The summed E-state index contributed by atoms with van der Waals surface area (Å²) in [7, 11) is 1.46. The maximum atomic E-state index is 11.7. The number of methoxy groups -OCH3 is 1. The van der Waals surface area contributed by atoms with Crippen molar-refractivity contribution in [3.8, 4) is 17.2 Å². The number of aromatic hydroxyl groups is 1. The van der Waals surface area contributed by atoms with Crippen LogP contribution in [0.1, 0.15) is 30.9 Å². The molecule has 0 unspecified atom stereocenters. The first-order valence-electron chi connectivity index (χ1n) is 7.91. The predicted octanol–water partition coefficient (Wildman–Crippen LogP) is 3.05. The Bertz CT molecular complexity index is 740. The van der Waals surface area contributed by atoms with Gasteiger partial charge in [0.15, 0.2) is 18.1 Å². The molecule has 0 saturated carbocycles.